The zero-order valence-corrected chi connectivity index (χ0v) is 10.2. The van der Waals surface area contributed by atoms with Gasteiger partial charge in [0.05, 0.1) is 0 Å². The Labute approximate surface area is 111 Å². The SMILES string of the molecule is CNC(=O)Nc1ccc(NC(=O)C(F)(F)C(F)F)cc1. The summed E-state index contributed by atoms with van der Waals surface area (Å²) in [6, 6.07) is 4.50. The zero-order chi connectivity index (χ0) is 15.3. The lowest BCUT2D eigenvalue weighted by atomic mass is 10.2. The van der Waals surface area contributed by atoms with Gasteiger partial charge in [-0.25, -0.2) is 13.6 Å². The van der Waals surface area contributed by atoms with Crippen LogP contribution in [-0.2, 0) is 4.79 Å². The number of halogens is 4. The summed E-state index contributed by atoms with van der Waals surface area (Å²) in [5.74, 6) is -6.86. The van der Waals surface area contributed by atoms with Crippen molar-refractivity contribution in [1.82, 2.24) is 5.32 Å². The number of hydrogen-bond acceptors (Lipinski definition) is 2. The molecule has 1 rings (SSSR count). The minimum atomic E-state index is -4.76. The number of carbonyl (C=O) groups is 2. The molecule has 110 valence electrons. The molecule has 0 spiro atoms. The van der Waals surface area contributed by atoms with Gasteiger partial charge in [-0.05, 0) is 24.3 Å². The highest BCUT2D eigenvalue weighted by Gasteiger charge is 2.48. The Morgan fingerprint density at radius 1 is 1.05 bits per heavy atom. The Hall–Kier alpha value is -2.32. The third kappa shape index (κ3) is 3.84. The van der Waals surface area contributed by atoms with Crippen molar-refractivity contribution in [3.63, 3.8) is 0 Å². The van der Waals surface area contributed by atoms with Gasteiger partial charge in [0.25, 0.3) is 0 Å². The second-order valence-electron chi connectivity index (χ2n) is 3.66. The van der Waals surface area contributed by atoms with Crippen molar-refractivity contribution in [2.24, 2.45) is 0 Å². The maximum absolute atomic E-state index is 12.7. The van der Waals surface area contributed by atoms with Crippen LogP contribution in [0.5, 0.6) is 0 Å². The molecule has 0 unspecified atom stereocenters. The number of benzene rings is 1. The molecule has 0 aromatic heterocycles. The van der Waals surface area contributed by atoms with Gasteiger partial charge in [-0.3, -0.25) is 4.79 Å². The summed E-state index contributed by atoms with van der Waals surface area (Å²) >= 11 is 0. The van der Waals surface area contributed by atoms with Crippen LogP contribution in [0.2, 0.25) is 0 Å². The Balaban J connectivity index is 2.71. The largest absolute Gasteiger partial charge is 0.383 e. The van der Waals surface area contributed by atoms with Crippen molar-refractivity contribution in [1.29, 1.82) is 0 Å². The summed E-state index contributed by atoms with van der Waals surface area (Å²) in [6.07, 6.45) is -4.09. The molecule has 0 aliphatic heterocycles. The lowest BCUT2D eigenvalue weighted by Crippen LogP contribution is -2.40. The molecule has 0 aliphatic rings. The van der Waals surface area contributed by atoms with Crippen molar-refractivity contribution in [3.8, 4) is 0 Å². The normalized spacial score (nSPS) is 11.1. The molecule has 0 aliphatic carbocycles. The minimum absolute atomic E-state index is 0.0993. The van der Waals surface area contributed by atoms with E-state index in [0.29, 0.717) is 5.69 Å². The Morgan fingerprint density at radius 3 is 1.90 bits per heavy atom. The van der Waals surface area contributed by atoms with Gasteiger partial charge in [-0.2, -0.15) is 8.78 Å². The van der Waals surface area contributed by atoms with Crippen molar-refractivity contribution < 1.29 is 27.2 Å². The van der Waals surface area contributed by atoms with E-state index in [9.17, 15) is 27.2 Å². The molecule has 9 heteroatoms. The Morgan fingerprint density at radius 2 is 1.50 bits per heavy atom. The zero-order valence-electron chi connectivity index (χ0n) is 10.2. The van der Waals surface area contributed by atoms with E-state index in [0.717, 1.165) is 0 Å². The molecule has 20 heavy (non-hydrogen) atoms. The molecule has 0 saturated carbocycles. The molecule has 0 heterocycles. The van der Waals surface area contributed by atoms with Crippen LogP contribution >= 0.6 is 0 Å². The van der Waals surface area contributed by atoms with Gasteiger partial charge in [0.15, 0.2) is 0 Å². The molecular formula is C11H11F4N3O2. The van der Waals surface area contributed by atoms with Crippen molar-refractivity contribution in [3.05, 3.63) is 24.3 Å². The van der Waals surface area contributed by atoms with Crippen LogP contribution in [0.25, 0.3) is 0 Å². The van der Waals surface area contributed by atoms with Gasteiger partial charge < -0.3 is 16.0 Å². The third-order valence-corrected chi connectivity index (χ3v) is 2.20. The molecule has 1 aromatic carbocycles. The minimum Gasteiger partial charge on any atom is -0.341 e. The van der Waals surface area contributed by atoms with Crippen LogP contribution in [0.3, 0.4) is 0 Å². The number of urea groups is 1. The number of hydrogen-bond donors (Lipinski definition) is 3. The molecule has 3 amide bonds. The van der Waals surface area contributed by atoms with E-state index in [1.807, 2.05) is 0 Å². The molecule has 0 fully saturated rings. The Bertz CT molecular complexity index is 491. The van der Waals surface area contributed by atoms with E-state index in [1.165, 1.54) is 31.3 Å². The second-order valence-corrected chi connectivity index (χ2v) is 3.66. The number of nitrogens with one attached hydrogen (secondary N) is 3. The summed E-state index contributed by atoms with van der Waals surface area (Å²) in [7, 11) is 1.40. The van der Waals surface area contributed by atoms with Crippen LogP contribution in [0.15, 0.2) is 24.3 Å². The fraction of sp³-hybridized carbons (Fsp3) is 0.273. The van der Waals surface area contributed by atoms with Crippen LogP contribution in [0.4, 0.5) is 33.7 Å². The van der Waals surface area contributed by atoms with Gasteiger partial charge in [0.2, 0.25) is 0 Å². The molecule has 0 saturated heterocycles. The van der Waals surface area contributed by atoms with E-state index in [4.69, 9.17) is 0 Å². The van der Waals surface area contributed by atoms with E-state index >= 15 is 0 Å². The average Bonchev–Trinajstić information content (AvgIpc) is 2.40. The lowest BCUT2D eigenvalue weighted by Gasteiger charge is -2.15. The highest BCUT2D eigenvalue weighted by molar-refractivity contribution is 5.96. The van der Waals surface area contributed by atoms with E-state index in [-0.39, 0.29) is 5.69 Å². The second kappa shape index (κ2) is 6.22. The standard InChI is InChI=1S/C11H11F4N3O2/c1-16-10(20)18-7-4-2-6(3-5-7)17-9(19)11(14,15)8(12)13/h2-5,8H,1H3,(H,17,19)(H2,16,18,20). The smallest absolute Gasteiger partial charge is 0.341 e. The first-order chi connectivity index (χ1) is 9.27. The first kappa shape index (κ1) is 15.7. The molecular weight excluding hydrogens is 282 g/mol. The van der Waals surface area contributed by atoms with Gasteiger partial charge in [-0.15, -0.1) is 0 Å². The van der Waals surface area contributed by atoms with Crippen molar-refractivity contribution >= 4 is 23.3 Å². The summed E-state index contributed by atoms with van der Waals surface area (Å²) in [5.41, 5.74) is 0.237. The summed E-state index contributed by atoms with van der Waals surface area (Å²) < 4.78 is 49.3. The van der Waals surface area contributed by atoms with Gasteiger partial charge in [0, 0.05) is 18.4 Å². The van der Waals surface area contributed by atoms with Crippen molar-refractivity contribution in [2.45, 2.75) is 12.3 Å². The van der Waals surface area contributed by atoms with Crippen molar-refractivity contribution in [2.75, 3.05) is 17.7 Å². The van der Waals surface area contributed by atoms with Gasteiger partial charge in [0.1, 0.15) is 0 Å². The lowest BCUT2D eigenvalue weighted by molar-refractivity contribution is -0.163. The quantitative estimate of drug-likeness (QED) is 0.745. The predicted molar refractivity (Wildman–Crippen MR) is 64.1 cm³/mol. The van der Waals surface area contributed by atoms with Crippen LogP contribution < -0.4 is 16.0 Å². The van der Waals surface area contributed by atoms with E-state index in [1.54, 1.807) is 5.32 Å². The molecule has 5 nitrogen and oxygen atoms in total. The maximum Gasteiger partial charge on any atom is 0.383 e. The molecule has 0 radical (unpaired) electrons. The van der Waals surface area contributed by atoms with Crippen LogP contribution in [0.1, 0.15) is 0 Å². The van der Waals surface area contributed by atoms with Gasteiger partial charge >= 0.3 is 24.3 Å². The molecule has 0 bridgehead atoms. The fourth-order valence-electron chi connectivity index (χ4n) is 1.14. The number of rotatable bonds is 4. The number of alkyl halides is 4. The van der Waals surface area contributed by atoms with E-state index in [2.05, 4.69) is 10.6 Å². The number of amides is 3. The summed E-state index contributed by atoms with van der Waals surface area (Å²) in [5, 5.41) is 6.34. The topological polar surface area (TPSA) is 70.2 Å². The summed E-state index contributed by atoms with van der Waals surface area (Å²) in [6.45, 7) is 0. The number of anilines is 2. The van der Waals surface area contributed by atoms with Crippen LogP contribution in [0, 0.1) is 0 Å². The molecule has 3 N–H and O–H groups in total. The fourth-order valence-corrected chi connectivity index (χ4v) is 1.14. The van der Waals surface area contributed by atoms with E-state index < -0.39 is 24.3 Å². The summed E-state index contributed by atoms with van der Waals surface area (Å²) in [4.78, 5) is 21.9. The monoisotopic (exact) mass is 293 g/mol. The highest BCUT2D eigenvalue weighted by Crippen LogP contribution is 2.25. The number of carbonyl (C=O) groups excluding carboxylic acids is 2. The molecule has 0 atom stereocenters. The highest BCUT2D eigenvalue weighted by atomic mass is 19.3. The third-order valence-electron chi connectivity index (χ3n) is 2.20. The first-order valence-corrected chi connectivity index (χ1v) is 5.33. The first-order valence-electron chi connectivity index (χ1n) is 5.33. The molecule has 1 aromatic rings. The average molecular weight is 293 g/mol. The van der Waals surface area contributed by atoms with Gasteiger partial charge in [-0.1, -0.05) is 0 Å². The predicted octanol–water partition coefficient (Wildman–Crippen LogP) is 2.28. The maximum atomic E-state index is 12.7. The van der Waals surface area contributed by atoms with Crippen LogP contribution in [-0.4, -0.2) is 31.3 Å². The Kier molecular flexibility index (Phi) is 4.89.